The molecule has 0 atom stereocenters. The Balaban J connectivity index is 1.60. The van der Waals surface area contributed by atoms with Gasteiger partial charge in [0, 0.05) is 11.8 Å². The van der Waals surface area contributed by atoms with Crippen LogP contribution in [-0.4, -0.2) is 35.2 Å². The predicted molar refractivity (Wildman–Crippen MR) is 117 cm³/mol. The summed E-state index contributed by atoms with van der Waals surface area (Å²) < 4.78 is 43.4. The molecular weight excluding hydrogens is 420 g/mol. The molecule has 3 aromatic rings. The summed E-state index contributed by atoms with van der Waals surface area (Å²) in [5.74, 6) is 1.11. The molecule has 3 rings (SSSR count). The van der Waals surface area contributed by atoms with Crippen LogP contribution in [0, 0.1) is 0 Å². The lowest BCUT2D eigenvalue weighted by molar-refractivity contribution is -0.118. The first-order valence-corrected chi connectivity index (χ1v) is 10.7. The molecule has 0 aliphatic heterocycles. The number of benzene rings is 3. The molecule has 0 aliphatic rings. The molecular formula is C22H22N2O6S. The van der Waals surface area contributed by atoms with E-state index < -0.39 is 15.9 Å². The minimum absolute atomic E-state index is 0.0543. The topological polar surface area (TPSA) is 103 Å². The fourth-order valence-corrected chi connectivity index (χ4v) is 3.75. The summed E-state index contributed by atoms with van der Waals surface area (Å²) in [6.45, 7) is -0.224. The van der Waals surface area contributed by atoms with Crippen molar-refractivity contribution in [2.24, 2.45) is 0 Å². The van der Waals surface area contributed by atoms with Crippen molar-refractivity contribution in [3.05, 3.63) is 72.8 Å². The van der Waals surface area contributed by atoms with Gasteiger partial charge in [0.2, 0.25) is 0 Å². The molecule has 31 heavy (non-hydrogen) atoms. The summed E-state index contributed by atoms with van der Waals surface area (Å²) >= 11 is 0. The van der Waals surface area contributed by atoms with Crippen molar-refractivity contribution in [2.45, 2.75) is 4.90 Å². The van der Waals surface area contributed by atoms with Crippen LogP contribution in [0.15, 0.2) is 77.7 Å². The Morgan fingerprint density at radius 1 is 0.839 bits per heavy atom. The number of carbonyl (C=O) groups excluding carboxylic acids is 1. The first-order chi connectivity index (χ1) is 14.9. The number of ether oxygens (including phenoxy) is 3. The van der Waals surface area contributed by atoms with Crippen molar-refractivity contribution in [3.8, 4) is 17.2 Å². The highest BCUT2D eigenvalue weighted by molar-refractivity contribution is 7.92. The predicted octanol–water partition coefficient (Wildman–Crippen LogP) is 3.52. The fourth-order valence-electron chi connectivity index (χ4n) is 2.70. The Hall–Kier alpha value is -3.72. The smallest absolute Gasteiger partial charge is 0.262 e. The number of hydrogen-bond donors (Lipinski definition) is 2. The standard InChI is InChI=1S/C22H22N2O6S/c1-28-18-7-5-6-17(14-18)24-31(26,27)19-12-10-16(11-13-19)23-22(25)15-30-21-9-4-3-8-20(21)29-2/h3-14,24H,15H2,1-2H3,(H,23,25). The summed E-state index contributed by atoms with van der Waals surface area (Å²) in [5.41, 5.74) is 0.819. The van der Waals surface area contributed by atoms with E-state index in [4.69, 9.17) is 14.2 Å². The molecule has 0 fully saturated rings. The van der Waals surface area contributed by atoms with Gasteiger partial charge in [0.15, 0.2) is 18.1 Å². The number of para-hydroxylation sites is 2. The minimum atomic E-state index is -3.79. The van der Waals surface area contributed by atoms with Gasteiger partial charge in [-0.3, -0.25) is 9.52 Å². The Kier molecular flexibility index (Phi) is 6.99. The van der Waals surface area contributed by atoms with Gasteiger partial charge in [-0.1, -0.05) is 18.2 Å². The van der Waals surface area contributed by atoms with Gasteiger partial charge in [0.25, 0.3) is 15.9 Å². The second-order valence-electron chi connectivity index (χ2n) is 6.35. The second kappa shape index (κ2) is 9.86. The molecule has 0 saturated heterocycles. The number of anilines is 2. The van der Waals surface area contributed by atoms with E-state index in [9.17, 15) is 13.2 Å². The third-order valence-corrected chi connectivity index (χ3v) is 5.60. The minimum Gasteiger partial charge on any atom is -0.497 e. The Labute approximate surface area is 180 Å². The average molecular weight is 442 g/mol. The lowest BCUT2D eigenvalue weighted by Gasteiger charge is -2.11. The quantitative estimate of drug-likeness (QED) is 0.526. The summed E-state index contributed by atoms with van der Waals surface area (Å²) in [5, 5.41) is 2.66. The van der Waals surface area contributed by atoms with E-state index in [1.165, 1.54) is 38.5 Å². The van der Waals surface area contributed by atoms with E-state index in [-0.39, 0.29) is 11.5 Å². The summed E-state index contributed by atoms with van der Waals surface area (Å²) in [4.78, 5) is 12.2. The van der Waals surface area contributed by atoms with Gasteiger partial charge in [-0.15, -0.1) is 0 Å². The van der Waals surface area contributed by atoms with Crippen LogP contribution in [0.5, 0.6) is 17.2 Å². The summed E-state index contributed by atoms with van der Waals surface area (Å²) in [7, 11) is -0.777. The van der Waals surface area contributed by atoms with Crippen LogP contribution in [0.1, 0.15) is 0 Å². The largest absolute Gasteiger partial charge is 0.497 e. The zero-order valence-electron chi connectivity index (χ0n) is 17.0. The van der Waals surface area contributed by atoms with Crippen LogP contribution in [0.2, 0.25) is 0 Å². The number of methoxy groups -OCH3 is 2. The molecule has 0 aromatic heterocycles. The highest BCUT2D eigenvalue weighted by atomic mass is 32.2. The molecule has 0 heterocycles. The number of amides is 1. The third kappa shape index (κ3) is 5.89. The van der Waals surface area contributed by atoms with Gasteiger partial charge in [0.05, 0.1) is 24.8 Å². The monoisotopic (exact) mass is 442 g/mol. The molecule has 0 unspecified atom stereocenters. The Morgan fingerprint density at radius 3 is 2.23 bits per heavy atom. The molecule has 162 valence electrons. The van der Waals surface area contributed by atoms with Crippen LogP contribution < -0.4 is 24.2 Å². The normalized spacial score (nSPS) is 10.8. The summed E-state index contributed by atoms with van der Waals surface area (Å²) in [6.07, 6.45) is 0. The van der Waals surface area contributed by atoms with E-state index in [0.717, 1.165) is 0 Å². The lowest BCUT2D eigenvalue weighted by atomic mass is 10.3. The van der Waals surface area contributed by atoms with Gasteiger partial charge < -0.3 is 19.5 Å². The van der Waals surface area contributed by atoms with Crippen molar-refractivity contribution in [1.82, 2.24) is 0 Å². The Bertz CT molecular complexity index is 1150. The number of sulfonamides is 1. The van der Waals surface area contributed by atoms with Gasteiger partial charge in [-0.2, -0.15) is 0 Å². The third-order valence-electron chi connectivity index (χ3n) is 4.20. The van der Waals surface area contributed by atoms with E-state index in [0.29, 0.717) is 28.6 Å². The highest BCUT2D eigenvalue weighted by Gasteiger charge is 2.15. The van der Waals surface area contributed by atoms with Crippen LogP contribution >= 0.6 is 0 Å². The van der Waals surface area contributed by atoms with E-state index in [2.05, 4.69) is 10.0 Å². The molecule has 2 N–H and O–H groups in total. The Morgan fingerprint density at radius 2 is 1.55 bits per heavy atom. The molecule has 0 radical (unpaired) electrons. The van der Waals surface area contributed by atoms with Crippen LogP contribution in [0.25, 0.3) is 0 Å². The summed E-state index contributed by atoms with van der Waals surface area (Å²) in [6, 6.07) is 19.4. The lowest BCUT2D eigenvalue weighted by Crippen LogP contribution is -2.20. The van der Waals surface area contributed by atoms with E-state index >= 15 is 0 Å². The average Bonchev–Trinajstić information content (AvgIpc) is 2.78. The molecule has 0 spiro atoms. The SMILES string of the molecule is COc1cccc(NS(=O)(=O)c2ccc(NC(=O)COc3ccccc3OC)cc2)c1. The van der Waals surface area contributed by atoms with Crippen LogP contribution in [-0.2, 0) is 14.8 Å². The van der Waals surface area contributed by atoms with Gasteiger partial charge in [-0.05, 0) is 48.5 Å². The van der Waals surface area contributed by atoms with Crippen molar-refractivity contribution >= 4 is 27.3 Å². The first-order valence-electron chi connectivity index (χ1n) is 9.24. The zero-order valence-corrected chi connectivity index (χ0v) is 17.8. The number of hydrogen-bond acceptors (Lipinski definition) is 6. The maximum Gasteiger partial charge on any atom is 0.262 e. The second-order valence-corrected chi connectivity index (χ2v) is 8.03. The molecule has 9 heteroatoms. The van der Waals surface area contributed by atoms with Crippen LogP contribution in [0.4, 0.5) is 11.4 Å². The van der Waals surface area contributed by atoms with E-state index in [1.54, 1.807) is 48.5 Å². The van der Waals surface area contributed by atoms with Gasteiger partial charge in [0.1, 0.15) is 5.75 Å². The molecule has 8 nitrogen and oxygen atoms in total. The molecule has 1 amide bonds. The number of nitrogens with one attached hydrogen (secondary N) is 2. The van der Waals surface area contributed by atoms with Crippen molar-refractivity contribution in [3.63, 3.8) is 0 Å². The van der Waals surface area contributed by atoms with Gasteiger partial charge >= 0.3 is 0 Å². The van der Waals surface area contributed by atoms with Crippen molar-refractivity contribution in [2.75, 3.05) is 30.9 Å². The highest BCUT2D eigenvalue weighted by Crippen LogP contribution is 2.26. The van der Waals surface area contributed by atoms with Gasteiger partial charge in [-0.25, -0.2) is 8.42 Å². The van der Waals surface area contributed by atoms with Crippen LogP contribution in [0.3, 0.4) is 0 Å². The van der Waals surface area contributed by atoms with E-state index in [1.807, 2.05) is 0 Å². The molecule has 0 aliphatic carbocycles. The van der Waals surface area contributed by atoms with Crippen molar-refractivity contribution < 1.29 is 27.4 Å². The maximum absolute atomic E-state index is 12.6. The number of carbonyl (C=O) groups is 1. The first kappa shape index (κ1) is 22.0. The number of rotatable bonds is 9. The molecule has 0 bridgehead atoms. The molecule has 3 aromatic carbocycles. The molecule has 0 saturated carbocycles. The fraction of sp³-hybridized carbons (Fsp3) is 0.136. The zero-order chi connectivity index (χ0) is 22.3. The maximum atomic E-state index is 12.6. The van der Waals surface area contributed by atoms with Crippen molar-refractivity contribution in [1.29, 1.82) is 0 Å².